The molecule has 0 aliphatic carbocycles. The Bertz CT molecular complexity index is 519. The molecule has 0 saturated carbocycles. The van der Waals surface area contributed by atoms with Crippen molar-refractivity contribution < 1.29 is 4.42 Å². The topological polar surface area (TPSA) is 25.2 Å². The molecule has 17 heavy (non-hydrogen) atoms. The van der Waals surface area contributed by atoms with Gasteiger partial charge >= 0.3 is 0 Å². The molecule has 1 N–H and O–H groups in total. The zero-order valence-corrected chi connectivity index (χ0v) is 11.0. The van der Waals surface area contributed by atoms with Gasteiger partial charge in [0.1, 0.15) is 11.5 Å². The first kappa shape index (κ1) is 12.1. The third-order valence-corrected chi connectivity index (χ3v) is 3.00. The number of aryl methyl sites for hydroxylation is 2. The minimum absolute atomic E-state index is 0.101. The van der Waals surface area contributed by atoms with Crippen LogP contribution in [-0.2, 0) is 0 Å². The van der Waals surface area contributed by atoms with E-state index in [9.17, 15) is 0 Å². The first-order valence-electron chi connectivity index (χ1n) is 5.65. The Kier molecular flexibility index (Phi) is 3.43. The number of hydrogen-bond acceptors (Lipinski definition) is 2. The molecule has 1 aromatic carbocycles. The van der Waals surface area contributed by atoms with Crippen LogP contribution in [0.15, 0.2) is 34.7 Å². The second-order valence-corrected chi connectivity index (χ2v) is 4.70. The predicted octanol–water partition coefficient (Wildman–Crippen LogP) is 4.72. The van der Waals surface area contributed by atoms with Crippen LogP contribution in [0.5, 0.6) is 0 Å². The van der Waals surface area contributed by atoms with Gasteiger partial charge in [-0.3, -0.25) is 0 Å². The van der Waals surface area contributed by atoms with Gasteiger partial charge in [-0.2, -0.15) is 0 Å². The van der Waals surface area contributed by atoms with Crippen LogP contribution in [0.4, 0.5) is 5.69 Å². The van der Waals surface area contributed by atoms with E-state index in [-0.39, 0.29) is 6.04 Å². The lowest BCUT2D eigenvalue weighted by molar-refractivity contribution is 0.467. The van der Waals surface area contributed by atoms with Gasteiger partial charge in [-0.05, 0) is 50.6 Å². The molecule has 2 rings (SSSR count). The molecule has 1 aromatic heterocycles. The Morgan fingerprint density at radius 3 is 2.53 bits per heavy atom. The van der Waals surface area contributed by atoms with E-state index in [0.717, 1.165) is 27.8 Å². The Morgan fingerprint density at radius 2 is 1.94 bits per heavy atom. The van der Waals surface area contributed by atoms with Crippen molar-refractivity contribution in [3.05, 3.63) is 52.4 Å². The van der Waals surface area contributed by atoms with Gasteiger partial charge in [-0.1, -0.05) is 17.7 Å². The van der Waals surface area contributed by atoms with Crippen LogP contribution in [0.1, 0.15) is 30.0 Å². The van der Waals surface area contributed by atoms with Crippen molar-refractivity contribution in [2.45, 2.75) is 26.8 Å². The zero-order chi connectivity index (χ0) is 12.4. The van der Waals surface area contributed by atoms with Crippen molar-refractivity contribution in [1.29, 1.82) is 0 Å². The summed E-state index contributed by atoms with van der Waals surface area (Å²) >= 11 is 6.17. The average molecular weight is 250 g/mol. The number of rotatable bonds is 3. The summed E-state index contributed by atoms with van der Waals surface area (Å²) in [5.74, 6) is 1.84. The number of hydrogen-bond donors (Lipinski definition) is 1. The quantitative estimate of drug-likeness (QED) is 0.851. The van der Waals surface area contributed by atoms with E-state index in [1.54, 1.807) is 0 Å². The van der Waals surface area contributed by atoms with Crippen molar-refractivity contribution in [1.82, 2.24) is 0 Å². The second kappa shape index (κ2) is 4.84. The summed E-state index contributed by atoms with van der Waals surface area (Å²) in [6, 6.07) is 10.0. The highest BCUT2D eigenvalue weighted by Gasteiger charge is 2.10. The number of halogens is 1. The van der Waals surface area contributed by atoms with E-state index >= 15 is 0 Å². The Balaban J connectivity index is 2.15. The van der Waals surface area contributed by atoms with Crippen LogP contribution >= 0.6 is 11.6 Å². The van der Waals surface area contributed by atoms with Crippen LogP contribution in [-0.4, -0.2) is 0 Å². The number of benzene rings is 1. The fourth-order valence-corrected chi connectivity index (χ4v) is 2.02. The molecule has 1 unspecified atom stereocenters. The number of nitrogens with one attached hydrogen (secondary N) is 1. The monoisotopic (exact) mass is 249 g/mol. The normalized spacial score (nSPS) is 12.5. The predicted molar refractivity (Wildman–Crippen MR) is 71.7 cm³/mol. The maximum atomic E-state index is 6.17. The molecule has 90 valence electrons. The lowest BCUT2D eigenvalue weighted by Crippen LogP contribution is -2.05. The molecule has 2 aromatic rings. The summed E-state index contributed by atoms with van der Waals surface area (Å²) in [7, 11) is 0. The average Bonchev–Trinajstić information content (AvgIpc) is 2.69. The highest BCUT2D eigenvalue weighted by Crippen LogP contribution is 2.27. The molecular formula is C14H16ClNO. The van der Waals surface area contributed by atoms with Crippen LogP contribution in [0.3, 0.4) is 0 Å². The maximum Gasteiger partial charge on any atom is 0.126 e. The van der Waals surface area contributed by atoms with Crippen molar-refractivity contribution in [3.63, 3.8) is 0 Å². The Hall–Kier alpha value is -1.41. The van der Waals surface area contributed by atoms with Gasteiger partial charge in [-0.15, -0.1) is 0 Å². The van der Waals surface area contributed by atoms with Gasteiger partial charge in [0.05, 0.1) is 16.8 Å². The fraction of sp³-hybridized carbons (Fsp3) is 0.286. The number of furan rings is 1. The minimum atomic E-state index is 0.101. The molecule has 0 aliphatic heterocycles. The smallest absolute Gasteiger partial charge is 0.126 e. The minimum Gasteiger partial charge on any atom is -0.464 e. The van der Waals surface area contributed by atoms with Crippen LogP contribution in [0, 0.1) is 13.8 Å². The third-order valence-electron chi connectivity index (χ3n) is 2.68. The van der Waals surface area contributed by atoms with Crippen LogP contribution in [0.2, 0.25) is 5.02 Å². The molecule has 0 aliphatic rings. The van der Waals surface area contributed by atoms with E-state index < -0.39 is 0 Å². The maximum absolute atomic E-state index is 6.17. The molecule has 0 fully saturated rings. The summed E-state index contributed by atoms with van der Waals surface area (Å²) in [5, 5.41) is 4.08. The molecule has 0 amide bonds. The van der Waals surface area contributed by atoms with Crippen molar-refractivity contribution in [2.75, 3.05) is 5.32 Å². The summed E-state index contributed by atoms with van der Waals surface area (Å²) in [5.41, 5.74) is 2.08. The molecular weight excluding hydrogens is 234 g/mol. The van der Waals surface area contributed by atoms with Crippen LogP contribution in [0.25, 0.3) is 0 Å². The van der Waals surface area contributed by atoms with E-state index in [4.69, 9.17) is 16.0 Å². The standard InChI is InChI=1S/C14H16ClNO/c1-9-4-6-13(12(15)8-9)16-11(3)14-7-5-10(2)17-14/h4-8,11,16H,1-3H3. The van der Waals surface area contributed by atoms with E-state index in [1.807, 2.05) is 44.2 Å². The molecule has 2 nitrogen and oxygen atoms in total. The molecule has 1 atom stereocenters. The third kappa shape index (κ3) is 2.83. The second-order valence-electron chi connectivity index (χ2n) is 4.30. The first-order chi connectivity index (χ1) is 8.06. The molecule has 0 saturated heterocycles. The highest BCUT2D eigenvalue weighted by atomic mass is 35.5. The summed E-state index contributed by atoms with van der Waals surface area (Å²) in [6.45, 7) is 6.01. The van der Waals surface area contributed by atoms with Crippen LogP contribution < -0.4 is 5.32 Å². The van der Waals surface area contributed by atoms with Crippen molar-refractivity contribution in [2.24, 2.45) is 0 Å². The van der Waals surface area contributed by atoms with E-state index in [2.05, 4.69) is 12.2 Å². The molecule has 0 spiro atoms. The Labute approximate surface area is 107 Å². The van der Waals surface area contributed by atoms with E-state index in [0.29, 0.717) is 0 Å². The van der Waals surface area contributed by atoms with Gasteiger partial charge in [0, 0.05) is 0 Å². The van der Waals surface area contributed by atoms with Gasteiger partial charge in [0.25, 0.3) is 0 Å². The van der Waals surface area contributed by atoms with Gasteiger partial charge in [0.15, 0.2) is 0 Å². The van der Waals surface area contributed by atoms with Crippen molar-refractivity contribution in [3.8, 4) is 0 Å². The summed E-state index contributed by atoms with van der Waals surface area (Å²) in [4.78, 5) is 0. The van der Waals surface area contributed by atoms with Gasteiger partial charge in [-0.25, -0.2) is 0 Å². The summed E-state index contributed by atoms with van der Waals surface area (Å²) < 4.78 is 5.58. The lowest BCUT2D eigenvalue weighted by atomic mass is 10.2. The summed E-state index contributed by atoms with van der Waals surface area (Å²) in [6.07, 6.45) is 0. The lowest BCUT2D eigenvalue weighted by Gasteiger charge is -2.14. The van der Waals surface area contributed by atoms with Gasteiger partial charge < -0.3 is 9.73 Å². The zero-order valence-electron chi connectivity index (χ0n) is 10.3. The SMILES string of the molecule is Cc1ccc(NC(C)c2ccc(C)o2)c(Cl)c1. The molecule has 3 heteroatoms. The largest absolute Gasteiger partial charge is 0.464 e. The first-order valence-corrected chi connectivity index (χ1v) is 6.03. The molecule has 0 bridgehead atoms. The van der Waals surface area contributed by atoms with E-state index in [1.165, 1.54) is 0 Å². The molecule has 1 heterocycles. The fourth-order valence-electron chi connectivity index (χ4n) is 1.73. The Morgan fingerprint density at radius 1 is 1.18 bits per heavy atom. The highest BCUT2D eigenvalue weighted by molar-refractivity contribution is 6.33. The van der Waals surface area contributed by atoms with Gasteiger partial charge in [0.2, 0.25) is 0 Å². The van der Waals surface area contributed by atoms with Crippen molar-refractivity contribution >= 4 is 17.3 Å². The molecule has 0 radical (unpaired) electrons. The number of anilines is 1.